The van der Waals surface area contributed by atoms with Crippen LogP contribution in [0.15, 0.2) is 88.9 Å². The van der Waals surface area contributed by atoms with Gasteiger partial charge in [0.1, 0.15) is 24.5 Å². The minimum absolute atomic E-state index is 0.184. The SMILES string of the molecule is COc1cc(/C=C2\C(=O)NC(=O)N(c3ccc(OCc4ccc(Cl)cc4Cl)cc3)C2=O)cc(Br)c1OCc1ccc(Cl)cc1. The number of ether oxygens (including phenoxy) is 3. The van der Waals surface area contributed by atoms with Crippen LogP contribution in [0.1, 0.15) is 16.7 Å². The zero-order chi connectivity index (χ0) is 31.4. The van der Waals surface area contributed by atoms with Crippen molar-refractivity contribution in [3.05, 3.63) is 121 Å². The highest BCUT2D eigenvalue weighted by Crippen LogP contribution is 2.38. The van der Waals surface area contributed by atoms with Crippen molar-refractivity contribution in [2.45, 2.75) is 13.2 Å². The van der Waals surface area contributed by atoms with Gasteiger partial charge in [-0.1, -0.05) is 53.0 Å². The number of nitrogens with one attached hydrogen (secondary N) is 1. The highest BCUT2D eigenvalue weighted by Gasteiger charge is 2.37. The first kappa shape index (κ1) is 31.4. The number of methoxy groups -OCH3 is 1. The minimum Gasteiger partial charge on any atom is -0.493 e. The Labute approximate surface area is 276 Å². The number of anilines is 1. The minimum atomic E-state index is -0.872. The Morgan fingerprint density at radius 3 is 2.23 bits per heavy atom. The molecule has 4 amide bonds. The second kappa shape index (κ2) is 13.7. The Morgan fingerprint density at radius 2 is 1.55 bits per heavy atom. The number of urea groups is 1. The Bertz CT molecular complexity index is 1780. The lowest BCUT2D eigenvalue weighted by Gasteiger charge is -2.26. The number of carbonyl (C=O) groups is 3. The monoisotopic (exact) mass is 714 g/mol. The van der Waals surface area contributed by atoms with Crippen LogP contribution >= 0.6 is 50.7 Å². The smallest absolute Gasteiger partial charge is 0.335 e. The molecule has 1 aliphatic heterocycles. The topological polar surface area (TPSA) is 94.2 Å². The lowest BCUT2D eigenvalue weighted by molar-refractivity contribution is -0.122. The van der Waals surface area contributed by atoms with E-state index in [1.807, 2.05) is 12.1 Å². The summed E-state index contributed by atoms with van der Waals surface area (Å²) in [6.07, 6.45) is 1.38. The predicted octanol–water partition coefficient (Wildman–Crippen LogP) is 8.24. The van der Waals surface area contributed by atoms with E-state index in [1.165, 1.54) is 25.3 Å². The number of hydrogen-bond donors (Lipinski definition) is 1. The second-order valence-electron chi connectivity index (χ2n) is 9.43. The molecule has 4 aromatic rings. The van der Waals surface area contributed by atoms with Gasteiger partial charge in [0.2, 0.25) is 0 Å². The lowest BCUT2D eigenvalue weighted by atomic mass is 10.1. The summed E-state index contributed by atoms with van der Waals surface area (Å²) in [5.74, 6) is -0.340. The highest BCUT2D eigenvalue weighted by molar-refractivity contribution is 9.10. The van der Waals surface area contributed by atoms with Crippen LogP contribution in [0.3, 0.4) is 0 Å². The molecule has 1 aliphatic rings. The molecular weight excluding hydrogens is 695 g/mol. The first-order valence-electron chi connectivity index (χ1n) is 13.0. The van der Waals surface area contributed by atoms with Crippen LogP contribution in [0.4, 0.5) is 10.5 Å². The molecule has 4 aromatic carbocycles. The summed E-state index contributed by atoms with van der Waals surface area (Å²) in [5, 5.41) is 3.83. The molecule has 1 fully saturated rings. The van der Waals surface area contributed by atoms with Crippen molar-refractivity contribution in [3.8, 4) is 17.2 Å². The van der Waals surface area contributed by atoms with Crippen LogP contribution in [0.25, 0.3) is 6.08 Å². The number of carbonyl (C=O) groups excluding carboxylic acids is 3. The Hall–Kier alpha value is -4.02. The van der Waals surface area contributed by atoms with Crippen LogP contribution in [-0.2, 0) is 22.8 Å². The van der Waals surface area contributed by atoms with Gasteiger partial charge in [-0.3, -0.25) is 14.9 Å². The summed E-state index contributed by atoms with van der Waals surface area (Å²) in [6.45, 7) is 0.438. The Kier molecular flexibility index (Phi) is 9.80. The number of amides is 4. The molecule has 1 saturated heterocycles. The molecule has 12 heteroatoms. The molecule has 224 valence electrons. The van der Waals surface area contributed by atoms with Gasteiger partial charge in [0.15, 0.2) is 11.5 Å². The molecule has 5 rings (SSSR count). The molecule has 8 nitrogen and oxygen atoms in total. The van der Waals surface area contributed by atoms with Gasteiger partial charge >= 0.3 is 6.03 Å². The third-order valence-electron chi connectivity index (χ3n) is 6.47. The van der Waals surface area contributed by atoms with Crippen molar-refractivity contribution in [1.29, 1.82) is 0 Å². The van der Waals surface area contributed by atoms with Gasteiger partial charge in [0.05, 0.1) is 17.3 Å². The van der Waals surface area contributed by atoms with E-state index in [4.69, 9.17) is 49.0 Å². The summed E-state index contributed by atoms with van der Waals surface area (Å²) < 4.78 is 17.8. The molecule has 0 saturated carbocycles. The predicted molar refractivity (Wildman–Crippen MR) is 173 cm³/mol. The van der Waals surface area contributed by atoms with Crippen LogP contribution in [-0.4, -0.2) is 25.0 Å². The molecule has 1 heterocycles. The standard InChI is InChI=1S/C32H22BrCl3N2O6/c1-42-28-14-19(13-26(33)29(28)44-16-18-2-5-21(34)6-3-18)12-25-30(39)37-32(41)38(31(25)40)23-8-10-24(11-9-23)43-17-20-4-7-22(35)15-27(20)36/h2-15H,16-17H2,1H3,(H,37,39,41)/b25-12+. The Balaban J connectivity index is 1.33. The fourth-order valence-electron chi connectivity index (χ4n) is 4.25. The molecule has 0 aliphatic carbocycles. The molecule has 0 bridgehead atoms. The quantitative estimate of drug-likeness (QED) is 0.139. The van der Waals surface area contributed by atoms with Crippen molar-refractivity contribution in [3.63, 3.8) is 0 Å². The number of hydrogen-bond acceptors (Lipinski definition) is 6. The average Bonchev–Trinajstić information content (AvgIpc) is 2.99. The van der Waals surface area contributed by atoms with Crippen LogP contribution < -0.4 is 24.4 Å². The van der Waals surface area contributed by atoms with Gasteiger partial charge in [-0.15, -0.1) is 0 Å². The Morgan fingerprint density at radius 1 is 0.841 bits per heavy atom. The highest BCUT2D eigenvalue weighted by atomic mass is 79.9. The third kappa shape index (κ3) is 7.19. The maximum absolute atomic E-state index is 13.4. The molecule has 0 spiro atoms. The molecule has 0 aromatic heterocycles. The summed E-state index contributed by atoms with van der Waals surface area (Å²) >= 11 is 21.6. The lowest BCUT2D eigenvalue weighted by Crippen LogP contribution is -2.54. The fraction of sp³-hybridized carbons (Fsp3) is 0.0938. The maximum atomic E-state index is 13.4. The van der Waals surface area contributed by atoms with E-state index in [0.29, 0.717) is 42.4 Å². The number of barbiturate groups is 1. The van der Waals surface area contributed by atoms with E-state index in [1.54, 1.807) is 54.6 Å². The van der Waals surface area contributed by atoms with Crippen LogP contribution in [0, 0.1) is 0 Å². The molecule has 44 heavy (non-hydrogen) atoms. The average molecular weight is 717 g/mol. The number of halogens is 4. The first-order chi connectivity index (χ1) is 21.1. The van der Waals surface area contributed by atoms with Crippen molar-refractivity contribution in [2.75, 3.05) is 12.0 Å². The number of rotatable bonds is 9. The molecule has 1 N–H and O–H groups in total. The first-order valence-corrected chi connectivity index (χ1v) is 14.9. The number of benzene rings is 4. The largest absolute Gasteiger partial charge is 0.493 e. The maximum Gasteiger partial charge on any atom is 0.335 e. The van der Waals surface area contributed by atoms with E-state index in [0.717, 1.165) is 16.0 Å². The van der Waals surface area contributed by atoms with E-state index in [2.05, 4.69) is 21.2 Å². The van der Waals surface area contributed by atoms with E-state index >= 15 is 0 Å². The van der Waals surface area contributed by atoms with Gasteiger partial charge < -0.3 is 14.2 Å². The van der Waals surface area contributed by atoms with Crippen LogP contribution in [0.2, 0.25) is 15.1 Å². The second-order valence-corrected chi connectivity index (χ2v) is 11.6. The van der Waals surface area contributed by atoms with Gasteiger partial charge in [-0.05, 0) is 93.8 Å². The molecule has 0 atom stereocenters. The summed E-state index contributed by atoms with van der Waals surface area (Å²) in [4.78, 5) is 39.8. The normalized spacial score (nSPS) is 14.1. The molecule has 0 radical (unpaired) electrons. The van der Waals surface area contributed by atoms with E-state index in [-0.39, 0.29) is 24.5 Å². The zero-order valence-corrected chi connectivity index (χ0v) is 26.8. The van der Waals surface area contributed by atoms with Crippen molar-refractivity contribution < 1.29 is 28.6 Å². The van der Waals surface area contributed by atoms with Gasteiger partial charge in [-0.25, -0.2) is 9.69 Å². The molecular formula is C32H22BrCl3N2O6. The van der Waals surface area contributed by atoms with Crippen molar-refractivity contribution >= 4 is 80.3 Å². The fourth-order valence-corrected chi connectivity index (χ4v) is 5.41. The van der Waals surface area contributed by atoms with E-state index in [9.17, 15) is 14.4 Å². The van der Waals surface area contributed by atoms with Gasteiger partial charge in [0.25, 0.3) is 11.8 Å². The summed E-state index contributed by atoms with van der Waals surface area (Å²) in [7, 11) is 1.48. The van der Waals surface area contributed by atoms with Gasteiger partial charge in [-0.2, -0.15) is 0 Å². The van der Waals surface area contributed by atoms with Gasteiger partial charge in [0, 0.05) is 20.6 Å². The van der Waals surface area contributed by atoms with E-state index < -0.39 is 17.8 Å². The van der Waals surface area contributed by atoms with Crippen molar-refractivity contribution in [2.24, 2.45) is 0 Å². The number of nitrogens with zero attached hydrogens (tertiary/aromatic N) is 1. The zero-order valence-electron chi connectivity index (χ0n) is 22.9. The van der Waals surface area contributed by atoms with Crippen LogP contribution in [0.5, 0.6) is 17.2 Å². The van der Waals surface area contributed by atoms with Crippen molar-refractivity contribution in [1.82, 2.24) is 5.32 Å². The molecule has 0 unspecified atom stereocenters. The summed E-state index contributed by atoms with van der Waals surface area (Å²) in [6, 6.07) is 21.0. The number of imide groups is 2. The third-order valence-corrected chi connectivity index (χ3v) is 7.89. The summed E-state index contributed by atoms with van der Waals surface area (Å²) in [5.41, 5.74) is 2.10.